The SMILES string of the molecule is CCCSc1nc(N2CCCCC2)c2cnn(CCNC(=O)c3c(F)cccc3Cl)c2n1. The number of nitrogens with one attached hydrogen (secondary N) is 1. The molecule has 1 aliphatic heterocycles. The number of benzene rings is 1. The third-order valence-corrected chi connectivity index (χ3v) is 6.71. The number of carbonyl (C=O) groups is 1. The highest BCUT2D eigenvalue weighted by atomic mass is 35.5. The fraction of sp³-hybridized carbons (Fsp3) is 0.455. The molecule has 0 spiro atoms. The molecular weight excluding hydrogens is 451 g/mol. The van der Waals surface area contributed by atoms with Crippen molar-refractivity contribution >= 4 is 46.1 Å². The third-order valence-electron chi connectivity index (χ3n) is 5.35. The Morgan fingerprint density at radius 2 is 2.06 bits per heavy atom. The Kier molecular flexibility index (Phi) is 7.47. The smallest absolute Gasteiger partial charge is 0.255 e. The van der Waals surface area contributed by atoms with Crippen LogP contribution in [-0.2, 0) is 6.54 Å². The van der Waals surface area contributed by atoms with E-state index in [-0.39, 0.29) is 17.1 Å². The van der Waals surface area contributed by atoms with Gasteiger partial charge < -0.3 is 10.2 Å². The van der Waals surface area contributed by atoms with Crippen LogP contribution in [0, 0.1) is 5.82 Å². The molecule has 0 aliphatic carbocycles. The van der Waals surface area contributed by atoms with Crippen LogP contribution in [0.15, 0.2) is 29.6 Å². The number of fused-ring (bicyclic) bond motifs is 1. The van der Waals surface area contributed by atoms with Crippen LogP contribution < -0.4 is 10.2 Å². The summed E-state index contributed by atoms with van der Waals surface area (Å²) in [5.74, 6) is 0.684. The standard InChI is InChI=1S/C22H26ClFN6OS/c1-2-13-32-22-27-19(29-10-4-3-5-11-29)15-14-26-30(20(15)28-22)12-9-25-21(31)18-16(23)7-6-8-17(18)24/h6-8,14H,2-5,9-13H2,1H3,(H,25,31). The molecule has 0 unspecified atom stereocenters. The van der Waals surface area contributed by atoms with Gasteiger partial charge in [-0.05, 0) is 37.8 Å². The van der Waals surface area contributed by atoms with Crippen LogP contribution in [0.25, 0.3) is 11.0 Å². The minimum absolute atomic E-state index is 0.0866. The second-order valence-corrected chi connectivity index (χ2v) is 9.15. The highest BCUT2D eigenvalue weighted by Crippen LogP contribution is 2.29. The number of halogens is 2. The lowest BCUT2D eigenvalue weighted by atomic mass is 10.1. The number of thioether (sulfide) groups is 1. The first-order valence-corrected chi connectivity index (χ1v) is 12.3. The second-order valence-electron chi connectivity index (χ2n) is 7.68. The highest BCUT2D eigenvalue weighted by molar-refractivity contribution is 7.99. The van der Waals surface area contributed by atoms with E-state index in [4.69, 9.17) is 21.6 Å². The van der Waals surface area contributed by atoms with Crippen molar-refractivity contribution in [1.82, 2.24) is 25.1 Å². The molecule has 0 radical (unpaired) electrons. The summed E-state index contributed by atoms with van der Waals surface area (Å²) in [6.07, 6.45) is 6.38. The van der Waals surface area contributed by atoms with E-state index in [0.717, 1.165) is 60.1 Å². The van der Waals surface area contributed by atoms with Gasteiger partial charge in [0.25, 0.3) is 5.91 Å². The lowest BCUT2D eigenvalue weighted by Gasteiger charge is -2.28. The van der Waals surface area contributed by atoms with Crippen molar-refractivity contribution in [2.24, 2.45) is 0 Å². The first-order valence-electron chi connectivity index (χ1n) is 10.9. The molecule has 3 heterocycles. The van der Waals surface area contributed by atoms with Crippen LogP contribution in [0.1, 0.15) is 43.0 Å². The molecule has 1 N–H and O–H groups in total. The van der Waals surface area contributed by atoms with Crippen LogP contribution in [0.5, 0.6) is 0 Å². The van der Waals surface area contributed by atoms with Crippen LogP contribution >= 0.6 is 23.4 Å². The van der Waals surface area contributed by atoms with Gasteiger partial charge in [-0.15, -0.1) is 0 Å². The molecule has 1 saturated heterocycles. The highest BCUT2D eigenvalue weighted by Gasteiger charge is 2.20. The molecule has 0 atom stereocenters. The summed E-state index contributed by atoms with van der Waals surface area (Å²) >= 11 is 7.63. The van der Waals surface area contributed by atoms with E-state index in [2.05, 4.69) is 22.2 Å². The van der Waals surface area contributed by atoms with E-state index in [1.807, 2.05) is 0 Å². The molecule has 4 rings (SSSR count). The molecule has 3 aromatic rings. The van der Waals surface area contributed by atoms with Crippen molar-refractivity contribution < 1.29 is 9.18 Å². The zero-order valence-corrected chi connectivity index (χ0v) is 19.6. The van der Waals surface area contributed by atoms with Crippen molar-refractivity contribution in [3.05, 3.63) is 40.8 Å². The second kappa shape index (κ2) is 10.5. The van der Waals surface area contributed by atoms with Gasteiger partial charge >= 0.3 is 0 Å². The summed E-state index contributed by atoms with van der Waals surface area (Å²) in [4.78, 5) is 24.3. The van der Waals surface area contributed by atoms with Gasteiger partial charge in [0.05, 0.1) is 28.7 Å². The van der Waals surface area contributed by atoms with Gasteiger partial charge in [-0.3, -0.25) is 4.79 Å². The molecule has 1 fully saturated rings. The van der Waals surface area contributed by atoms with Gasteiger partial charge in [-0.2, -0.15) is 5.10 Å². The average molecular weight is 477 g/mol. The quantitative estimate of drug-likeness (QED) is 0.380. The summed E-state index contributed by atoms with van der Waals surface area (Å²) in [5.41, 5.74) is 0.602. The van der Waals surface area contributed by atoms with Gasteiger partial charge in [0.1, 0.15) is 11.6 Å². The van der Waals surface area contributed by atoms with Crippen molar-refractivity contribution in [3.8, 4) is 0 Å². The zero-order chi connectivity index (χ0) is 22.5. The minimum Gasteiger partial charge on any atom is -0.356 e. The van der Waals surface area contributed by atoms with E-state index in [1.54, 1.807) is 22.6 Å². The molecule has 1 amide bonds. The number of amides is 1. The predicted molar refractivity (Wildman–Crippen MR) is 126 cm³/mol. The number of anilines is 1. The zero-order valence-electron chi connectivity index (χ0n) is 18.0. The van der Waals surface area contributed by atoms with Gasteiger partial charge in [-0.25, -0.2) is 19.0 Å². The van der Waals surface area contributed by atoms with E-state index in [1.165, 1.54) is 24.6 Å². The molecule has 0 bridgehead atoms. The molecule has 1 aliphatic rings. The fourth-order valence-electron chi connectivity index (χ4n) is 3.77. The third kappa shape index (κ3) is 4.99. The van der Waals surface area contributed by atoms with Crippen LogP contribution in [0.4, 0.5) is 10.2 Å². The molecule has 2 aromatic heterocycles. The molecule has 0 saturated carbocycles. The Morgan fingerprint density at radius 1 is 1.25 bits per heavy atom. The van der Waals surface area contributed by atoms with Crippen LogP contribution in [-0.4, -0.2) is 51.0 Å². The lowest BCUT2D eigenvalue weighted by Crippen LogP contribution is -2.30. The molecule has 10 heteroatoms. The summed E-state index contributed by atoms with van der Waals surface area (Å²) in [6, 6.07) is 4.18. The Balaban J connectivity index is 1.54. The van der Waals surface area contributed by atoms with Gasteiger partial charge in [-0.1, -0.05) is 36.4 Å². The van der Waals surface area contributed by atoms with Gasteiger partial charge in [0.2, 0.25) is 0 Å². The van der Waals surface area contributed by atoms with Crippen molar-refractivity contribution in [3.63, 3.8) is 0 Å². The maximum Gasteiger partial charge on any atom is 0.255 e. The first kappa shape index (κ1) is 22.8. The van der Waals surface area contributed by atoms with Gasteiger partial charge in [0.15, 0.2) is 10.8 Å². The fourth-order valence-corrected chi connectivity index (χ4v) is 4.71. The lowest BCUT2D eigenvalue weighted by molar-refractivity contribution is 0.0948. The van der Waals surface area contributed by atoms with E-state index in [9.17, 15) is 9.18 Å². The summed E-state index contributed by atoms with van der Waals surface area (Å²) in [7, 11) is 0. The van der Waals surface area contributed by atoms with Crippen LogP contribution in [0.2, 0.25) is 5.02 Å². The van der Waals surface area contributed by atoms with E-state index in [0.29, 0.717) is 6.54 Å². The molecule has 1 aromatic carbocycles. The number of carbonyl (C=O) groups excluding carboxylic acids is 1. The average Bonchev–Trinajstić information content (AvgIpc) is 3.20. The van der Waals surface area contributed by atoms with Crippen LogP contribution in [0.3, 0.4) is 0 Å². The van der Waals surface area contributed by atoms with Crippen molar-refractivity contribution in [1.29, 1.82) is 0 Å². The first-order chi connectivity index (χ1) is 15.6. The Labute approximate surface area is 195 Å². The summed E-state index contributed by atoms with van der Waals surface area (Å²) < 4.78 is 15.8. The number of piperidine rings is 1. The Hall–Kier alpha value is -2.39. The van der Waals surface area contributed by atoms with Crippen molar-refractivity contribution in [2.75, 3.05) is 30.3 Å². The summed E-state index contributed by atoms with van der Waals surface area (Å²) in [6.45, 7) is 4.76. The number of rotatable bonds is 8. The van der Waals surface area contributed by atoms with E-state index < -0.39 is 11.7 Å². The maximum absolute atomic E-state index is 14.0. The normalized spacial score (nSPS) is 14.2. The number of nitrogens with zero attached hydrogens (tertiary/aromatic N) is 5. The molecular formula is C22H26ClFN6OS. The Bertz CT molecular complexity index is 1080. The molecule has 170 valence electrons. The Morgan fingerprint density at radius 3 is 2.81 bits per heavy atom. The minimum atomic E-state index is -0.643. The van der Waals surface area contributed by atoms with E-state index >= 15 is 0 Å². The maximum atomic E-state index is 14.0. The number of aromatic nitrogens is 4. The topological polar surface area (TPSA) is 75.9 Å². The summed E-state index contributed by atoms with van der Waals surface area (Å²) in [5, 5.41) is 8.97. The predicted octanol–water partition coefficient (Wildman–Crippen LogP) is 4.54. The number of hydrogen-bond donors (Lipinski definition) is 1. The van der Waals surface area contributed by atoms with Crippen molar-refractivity contribution in [2.45, 2.75) is 44.3 Å². The molecule has 32 heavy (non-hydrogen) atoms. The largest absolute Gasteiger partial charge is 0.356 e. The molecule has 7 nitrogen and oxygen atoms in total. The van der Waals surface area contributed by atoms with Gasteiger partial charge in [0, 0.05) is 25.4 Å². The number of hydrogen-bond acceptors (Lipinski definition) is 6. The monoisotopic (exact) mass is 476 g/mol.